The largest absolute Gasteiger partial charge is 0.496 e. The van der Waals surface area contributed by atoms with Crippen LogP contribution in [0.3, 0.4) is 0 Å². The summed E-state index contributed by atoms with van der Waals surface area (Å²) in [6.45, 7) is 2.07. The Bertz CT molecular complexity index is 805. The van der Waals surface area contributed by atoms with Crippen molar-refractivity contribution < 1.29 is 9.53 Å². The average molecular weight is 432 g/mol. The van der Waals surface area contributed by atoms with Crippen LogP contribution in [0.2, 0.25) is 0 Å². The summed E-state index contributed by atoms with van der Waals surface area (Å²) in [5.74, 6) is 0.333. The first-order chi connectivity index (χ1) is 11.6. The third-order valence-corrected chi connectivity index (χ3v) is 4.31. The number of carbonyl (C=O) groups excluding carboxylic acids is 1. The Hall–Kier alpha value is -2.33. The van der Waals surface area contributed by atoms with Gasteiger partial charge in [-0.2, -0.15) is 5.26 Å². The van der Waals surface area contributed by atoms with Gasteiger partial charge in [0.1, 0.15) is 17.4 Å². The van der Waals surface area contributed by atoms with Gasteiger partial charge in [-0.25, -0.2) is 0 Å². The molecule has 0 aliphatic heterocycles. The normalized spacial score (nSPS) is 10.8. The lowest BCUT2D eigenvalue weighted by atomic mass is 10.1. The molecule has 2 rings (SSSR count). The number of ether oxygens (including phenoxy) is 1. The number of amides is 1. The monoisotopic (exact) mass is 432 g/mol. The quantitative estimate of drug-likeness (QED) is 0.433. The predicted octanol–water partition coefficient (Wildman–Crippen LogP) is 4.41. The fourth-order valence-electron chi connectivity index (χ4n) is 2.11. The summed E-state index contributed by atoms with van der Waals surface area (Å²) in [6, 6.07) is 15.0. The Morgan fingerprint density at radius 3 is 2.54 bits per heavy atom. The highest BCUT2D eigenvalue weighted by molar-refractivity contribution is 14.1. The van der Waals surface area contributed by atoms with Crippen molar-refractivity contribution in [2.45, 2.75) is 13.3 Å². The van der Waals surface area contributed by atoms with Crippen molar-refractivity contribution in [2.75, 3.05) is 12.4 Å². The number of rotatable bonds is 5. The smallest absolute Gasteiger partial charge is 0.266 e. The van der Waals surface area contributed by atoms with E-state index in [1.54, 1.807) is 13.2 Å². The molecule has 0 aliphatic rings. The van der Waals surface area contributed by atoms with Crippen LogP contribution in [0.4, 0.5) is 5.69 Å². The summed E-state index contributed by atoms with van der Waals surface area (Å²) >= 11 is 2.15. The number of anilines is 1. The van der Waals surface area contributed by atoms with Crippen LogP contribution in [0.15, 0.2) is 48.0 Å². The number of nitrogens with one attached hydrogen (secondary N) is 1. The Morgan fingerprint density at radius 1 is 1.29 bits per heavy atom. The maximum absolute atomic E-state index is 12.3. The van der Waals surface area contributed by atoms with Gasteiger partial charge in [0.25, 0.3) is 5.91 Å². The van der Waals surface area contributed by atoms with Crippen molar-refractivity contribution >= 4 is 40.3 Å². The number of aryl methyl sites for hydroxylation is 1. The molecule has 0 spiro atoms. The first-order valence-electron chi connectivity index (χ1n) is 7.43. The van der Waals surface area contributed by atoms with Gasteiger partial charge in [-0.1, -0.05) is 25.1 Å². The highest BCUT2D eigenvalue weighted by atomic mass is 127. The van der Waals surface area contributed by atoms with Gasteiger partial charge < -0.3 is 10.1 Å². The SMILES string of the molecule is CCc1ccc(NC(=O)/C(C#N)=C/c2ccc(OC)c(I)c2)cc1. The summed E-state index contributed by atoms with van der Waals surface area (Å²) in [6.07, 6.45) is 2.50. The Kier molecular flexibility index (Phi) is 6.38. The van der Waals surface area contributed by atoms with Crippen molar-refractivity contribution in [3.05, 3.63) is 62.7 Å². The minimum atomic E-state index is -0.424. The Morgan fingerprint density at radius 2 is 2.00 bits per heavy atom. The molecule has 0 radical (unpaired) electrons. The van der Waals surface area contributed by atoms with Gasteiger partial charge in [-0.15, -0.1) is 0 Å². The molecule has 0 saturated carbocycles. The summed E-state index contributed by atoms with van der Waals surface area (Å²) in [5, 5.41) is 12.0. The van der Waals surface area contributed by atoms with E-state index in [0.717, 1.165) is 21.3 Å². The fraction of sp³-hybridized carbons (Fsp3) is 0.158. The van der Waals surface area contributed by atoms with Crippen molar-refractivity contribution in [1.82, 2.24) is 0 Å². The van der Waals surface area contributed by atoms with Gasteiger partial charge in [0, 0.05) is 5.69 Å². The van der Waals surface area contributed by atoms with E-state index in [-0.39, 0.29) is 5.57 Å². The number of benzene rings is 2. The lowest BCUT2D eigenvalue weighted by Gasteiger charge is -2.06. The van der Waals surface area contributed by atoms with E-state index in [2.05, 4.69) is 34.8 Å². The second-order valence-corrected chi connectivity index (χ2v) is 6.23. The van der Waals surface area contributed by atoms with Crippen LogP contribution >= 0.6 is 22.6 Å². The van der Waals surface area contributed by atoms with Crippen LogP contribution in [0.5, 0.6) is 5.75 Å². The molecule has 0 bridgehead atoms. The summed E-state index contributed by atoms with van der Waals surface area (Å²) in [7, 11) is 1.60. The van der Waals surface area contributed by atoms with Gasteiger partial charge in [0.05, 0.1) is 10.7 Å². The molecule has 5 heteroatoms. The molecule has 0 aliphatic carbocycles. The molecule has 0 aromatic heterocycles. The van der Waals surface area contributed by atoms with Crippen LogP contribution in [-0.2, 0) is 11.2 Å². The number of nitrogens with zero attached hydrogens (tertiary/aromatic N) is 1. The predicted molar refractivity (Wildman–Crippen MR) is 104 cm³/mol. The topological polar surface area (TPSA) is 62.1 Å². The summed E-state index contributed by atoms with van der Waals surface area (Å²) in [4.78, 5) is 12.3. The first kappa shape index (κ1) is 18.0. The molecule has 1 N–H and O–H groups in total. The van der Waals surface area contributed by atoms with Crippen LogP contribution in [-0.4, -0.2) is 13.0 Å². The highest BCUT2D eigenvalue weighted by Gasteiger charge is 2.10. The maximum Gasteiger partial charge on any atom is 0.266 e. The second kappa shape index (κ2) is 8.50. The number of methoxy groups -OCH3 is 1. The fourth-order valence-corrected chi connectivity index (χ4v) is 2.87. The molecule has 0 saturated heterocycles. The van der Waals surface area contributed by atoms with Crippen molar-refractivity contribution in [3.8, 4) is 11.8 Å². The van der Waals surface area contributed by atoms with Gasteiger partial charge in [-0.05, 0) is 70.5 Å². The van der Waals surface area contributed by atoms with Gasteiger partial charge >= 0.3 is 0 Å². The average Bonchev–Trinajstić information content (AvgIpc) is 2.60. The van der Waals surface area contributed by atoms with Crippen LogP contribution in [0.1, 0.15) is 18.1 Å². The summed E-state index contributed by atoms with van der Waals surface area (Å²) in [5.41, 5.74) is 2.68. The first-order valence-corrected chi connectivity index (χ1v) is 8.51. The molecule has 0 atom stereocenters. The number of hydrogen-bond acceptors (Lipinski definition) is 3. The maximum atomic E-state index is 12.3. The zero-order chi connectivity index (χ0) is 17.5. The minimum absolute atomic E-state index is 0.0514. The Labute approximate surface area is 155 Å². The number of nitriles is 1. The highest BCUT2D eigenvalue weighted by Crippen LogP contribution is 2.23. The number of halogens is 1. The molecular weight excluding hydrogens is 415 g/mol. The van der Waals surface area contributed by atoms with Crippen LogP contribution < -0.4 is 10.1 Å². The van der Waals surface area contributed by atoms with E-state index in [4.69, 9.17) is 4.74 Å². The standard InChI is InChI=1S/C19H17IN2O2/c1-3-13-4-7-16(8-5-13)22-19(23)15(12-21)10-14-6-9-18(24-2)17(20)11-14/h4-11H,3H2,1-2H3,(H,22,23)/b15-10+. The van der Waals surface area contributed by atoms with Crippen LogP contribution in [0, 0.1) is 14.9 Å². The third kappa shape index (κ3) is 4.59. The van der Waals surface area contributed by atoms with Gasteiger partial charge in [-0.3, -0.25) is 4.79 Å². The van der Waals surface area contributed by atoms with Crippen molar-refractivity contribution in [2.24, 2.45) is 0 Å². The van der Waals surface area contributed by atoms with Crippen molar-refractivity contribution in [3.63, 3.8) is 0 Å². The van der Waals surface area contributed by atoms with Crippen molar-refractivity contribution in [1.29, 1.82) is 5.26 Å². The molecule has 122 valence electrons. The molecular formula is C19H17IN2O2. The van der Waals surface area contributed by atoms with E-state index >= 15 is 0 Å². The zero-order valence-electron chi connectivity index (χ0n) is 13.5. The molecule has 4 nitrogen and oxygen atoms in total. The number of carbonyl (C=O) groups is 1. The number of hydrogen-bond donors (Lipinski definition) is 1. The molecule has 2 aromatic rings. The molecule has 0 fully saturated rings. The third-order valence-electron chi connectivity index (χ3n) is 3.47. The molecule has 1 amide bonds. The molecule has 2 aromatic carbocycles. The summed E-state index contributed by atoms with van der Waals surface area (Å²) < 4.78 is 6.12. The second-order valence-electron chi connectivity index (χ2n) is 5.07. The molecule has 0 heterocycles. The lowest BCUT2D eigenvalue weighted by molar-refractivity contribution is -0.112. The lowest BCUT2D eigenvalue weighted by Crippen LogP contribution is -2.13. The van der Waals surface area contributed by atoms with Crippen LogP contribution in [0.25, 0.3) is 6.08 Å². The molecule has 0 unspecified atom stereocenters. The molecule has 24 heavy (non-hydrogen) atoms. The minimum Gasteiger partial charge on any atom is -0.496 e. The van der Waals surface area contributed by atoms with Gasteiger partial charge in [0.15, 0.2) is 0 Å². The van der Waals surface area contributed by atoms with E-state index in [0.29, 0.717) is 5.69 Å². The Balaban J connectivity index is 2.18. The van der Waals surface area contributed by atoms with E-state index in [9.17, 15) is 10.1 Å². The van der Waals surface area contributed by atoms with E-state index < -0.39 is 5.91 Å². The van der Waals surface area contributed by atoms with E-state index in [1.165, 1.54) is 5.56 Å². The zero-order valence-corrected chi connectivity index (χ0v) is 15.6. The van der Waals surface area contributed by atoms with E-state index in [1.807, 2.05) is 48.5 Å². The van der Waals surface area contributed by atoms with Gasteiger partial charge in [0.2, 0.25) is 0 Å².